The molecular formula is C9H9N3O2. The molecule has 14 heavy (non-hydrogen) atoms. The first-order valence-electron chi connectivity index (χ1n) is 3.88. The molecule has 5 nitrogen and oxygen atoms in total. The molecule has 0 saturated heterocycles. The Morgan fingerprint density at radius 1 is 1.79 bits per heavy atom. The van der Waals surface area contributed by atoms with Crippen LogP contribution in [0.25, 0.3) is 0 Å². The summed E-state index contributed by atoms with van der Waals surface area (Å²) in [5.74, 6) is -1.19. The van der Waals surface area contributed by atoms with E-state index in [1.165, 1.54) is 19.2 Å². The summed E-state index contributed by atoms with van der Waals surface area (Å²) in [6, 6.07) is 4.83. The molecule has 1 aromatic heterocycles. The zero-order valence-electron chi connectivity index (χ0n) is 7.56. The second-order valence-electron chi connectivity index (χ2n) is 3.02. The molecule has 0 aliphatic carbocycles. The van der Waals surface area contributed by atoms with Crippen molar-refractivity contribution in [2.75, 3.05) is 0 Å². The van der Waals surface area contributed by atoms with Crippen LogP contribution in [-0.2, 0) is 10.3 Å². The van der Waals surface area contributed by atoms with Crippen LogP contribution in [0.3, 0.4) is 0 Å². The quantitative estimate of drug-likeness (QED) is 0.696. The van der Waals surface area contributed by atoms with Crippen molar-refractivity contribution in [2.24, 2.45) is 5.73 Å². The van der Waals surface area contributed by atoms with Crippen molar-refractivity contribution < 1.29 is 9.90 Å². The van der Waals surface area contributed by atoms with Crippen LogP contribution >= 0.6 is 0 Å². The summed E-state index contributed by atoms with van der Waals surface area (Å²) in [4.78, 5) is 14.6. The number of nitrogens with two attached hydrogens (primary N) is 1. The molecule has 1 aromatic rings. The Kier molecular flexibility index (Phi) is 2.49. The average molecular weight is 191 g/mol. The third-order valence-corrected chi connectivity index (χ3v) is 1.92. The van der Waals surface area contributed by atoms with E-state index in [1.54, 1.807) is 12.1 Å². The number of aliphatic carboxylic acids is 1. The number of nitrogens with zero attached hydrogens (tertiary/aromatic N) is 2. The number of carboxylic acids is 1. The van der Waals surface area contributed by atoms with Gasteiger partial charge in [0.2, 0.25) is 0 Å². The number of pyridine rings is 1. The highest BCUT2D eigenvalue weighted by atomic mass is 16.4. The predicted octanol–water partition coefficient (Wildman–Crippen LogP) is 0.212. The fourth-order valence-corrected chi connectivity index (χ4v) is 1.03. The number of hydrogen-bond acceptors (Lipinski definition) is 4. The second kappa shape index (κ2) is 3.44. The summed E-state index contributed by atoms with van der Waals surface area (Å²) < 4.78 is 0. The number of nitriles is 1. The summed E-state index contributed by atoms with van der Waals surface area (Å²) in [7, 11) is 0. The first kappa shape index (κ1) is 10.2. The predicted molar refractivity (Wildman–Crippen MR) is 48.1 cm³/mol. The van der Waals surface area contributed by atoms with Gasteiger partial charge in [0, 0.05) is 11.8 Å². The van der Waals surface area contributed by atoms with Gasteiger partial charge >= 0.3 is 5.97 Å². The molecule has 1 heterocycles. The summed E-state index contributed by atoms with van der Waals surface area (Å²) in [5, 5.41) is 17.6. The monoisotopic (exact) mass is 191 g/mol. The van der Waals surface area contributed by atoms with Gasteiger partial charge in [0.1, 0.15) is 17.3 Å². The van der Waals surface area contributed by atoms with Crippen LogP contribution in [0, 0.1) is 11.3 Å². The maximum absolute atomic E-state index is 10.8. The molecule has 3 N–H and O–H groups in total. The second-order valence-corrected chi connectivity index (χ2v) is 3.02. The van der Waals surface area contributed by atoms with Crippen LogP contribution in [-0.4, -0.2) is 16.1 Å². The minimum Gasteiger partial charge on any atom is -0.480 e. The maximum atomic E-state index is 10.8. The van der Waals surface area contributed by atoms with Crippen molar-refractivity contribution in [1.29, 1.82) is 5.26 Å². The lowest BCUT2D eigenvalue weighted by atomic mass is 9.92. The van der Waals surface area contributed by atoms with Crippen molar-refractivity contribution in [1.82, 2.24) is 4.98 Å². The fourth-order valence-electron chi connectivity index (χ4n) is 1.03. The molecule has 0 amide bonds. The van der Waals surface area contributed by atoms with E-state index < -0.39 is 11.5 Å². The molecule has 0 saturated carbocycles. The summed E-state index contributed by atoms with van der Waals surface area (Å²) in [6.07, 6.45) is 1.42. The van der Waals surface area contributed by atoms with E-state index >= 15 is 0 Å². The number of carboxylic acid groups (broad SMARTS) is 1. The molecule has 0 aliphatic rings. The standard InChI is InChI=1S/C9H9N3O2/c1-9(11,8(13)14)6-3-2-4-12-7(6)5-10/h2-4H,11H2,1H3,(H,13,14)/t9-/m0/s1. The third kappa shape index (κ3) is 1.56. The van der Waals surface area contributed by atoms with Crippen LogP contribution in [0.15, 0.2) is 18.3 Å². The topological polar surface area (TPSA) is 100 Å². The Bertz CT molecular complexity index is 407. The van der Waals surface area contributed by atoms with Crippen LogP contribution < -0.4 is 5.73 Å². The van der Waals surface area contributed by atoms with Gasteiger partial charge < -0.3 is 10.8 Å². The molecule has 0 aromatic carbocycles. The maximum Gasteiger partial charge on any atom is 0.328 e. The van der Waals surface area contributed by atoms with Crippen molar-refractivity contribution >= 4 is 5.97 Å². The van der Waals surface area contributed by atoms with E-state index in [4.69, 9.17) is 16.1 Å². The summed E-state index contributed by atoms with van der Waals surface area (Å²) in [6.45, 7) is 1.33. The van der Waals surface area contributed by atoms with Gasteiger partial charge in [-0.05, 0) is 13.0 Å². The van der Waals surface area contributed by atoms with Crippen LogP contribution in [0.4, 0.5) is 0 Å². The SMILES string of the molecule is C[C@@](N)(C(=O)O)c1cccnc1C#N. The molecule has 0 fully saturated rings. The van der Waals surface area contributed by atoms with Gasteiger partial charge in [-0.25, -0.2) is 9.78 Å². The Balaban J connectivity index is 3.33. The van der Waals surface area contributed by atoms with Crippen LogP contribution in [0.2, 0.25) is 0 Å². The number of rotatable bonds is 2. The molecule has 0 spiro atoms. The highest BCUT2D eigenvalue weighted by molar-refractivity contribution is 5.80. The highest BCUT2D eigenvalue weighted by Crippen LogP contribution is 2.19. The normalized spacial score (nSPS) is 14.1. The first-order chi connectivity index (χ1) is 6.50. The lowest BCUT2D eigenvalue weighted by Crippen LogP contribution is -2.42. The largest absolute Gasteiger partial charge is 0.480 e. The van der Waals surface area contributed by atoms with Crippen LogP contribution in [0.5, 0.6) is 0 Å². The van der Waals surface area contributed by atoms with E-state index in [-0.39, 0.29) is 11.3 Å². The molecular weight excluding hydrogens is 182 g/mol. The first-order valence-corrected chi connectivity index (χ1v) is 3.88. The smallest absolute Gasteiger partial charge is 0.328 e. The highest BCUT2D eigenvalue weighted by Gasteiger charge is 2.32. The molecule has 0 unspecified atom stereocenters. The Labute approximate surface area is 80.8 Å². The number of hydrogen-bond donors (Lipinski definition) is 2. The lowest BCUT2D eigenvalue weighted by Gasteiger charge is -2.19. The minimum atomic E-state index is -1.58. The van der Waals surface area contributed by atoms with Crippen molar-refractivity contribution in [3.63, 3.8) is 0 Å². The van der Waals surface area contributed by atoms with E-state index in [0.29, 0.717) is 0 Å². The average Bonchev–Trinajstić information content (AvgIpc) is 2.17. The van der Waals surface area contributed by atoms with Gasteiger partial charge in [0.15, 0.2) is 0 Å². The molecule has 0 bridgehead atoms. The van der Waals surface area contributed by atoms with E-state index in [1.807, 2.05) is 0 Å². The Morgan fingerprint density at radius 2 is 2.43 bits per heavy atom. The van der Waals surface area contributed by atoms with Gasteiger partial charge in [-0.1, -0.05) is 6.07 Å². The van der Waals surface area contributed by atoms with E-state index in [9.17, 15) is 4.79 Å². The number of aromatic nitrogens is 1. The summed E-state index contributed by atoms with van der Waals surface area (Å²) >= 11 is 0. The van der Waals surface area contributed by atoms with E-state index in [0.717, 1.165) is 0 Å². The van der Waals surface area contributed by atoms with E-state index in [2.05, 4.69) is 4.98 Å². The fraction of sp³-hybridized carbons (Fsp3) is 0.222. The van der Waals surface area contributed by atoms with Crippen LogP contribution in [0.1, 0.15) is 18.2 Å². The molecule has 0 radical (unpaired) electrons. The van der Waals surface area contributed by atoms with Gasteiger partial charge in [0.25, 0.3) is 0 Å². The van der Waals surface area contributed by atoms with Crippen molar-refractivity contribution in [2.45, 2.75) is 12.5 Å². The molecule has 72 valence electrons. The van der Waals surface area contributed by atoms with Gasteiger partial charge in [-0.15, -0.1) is 0 Å². The zero-order valence-corrected chi connectivity index (χ0v) is 7.56. The van der Waals surface area contributed by atoms with Gasteiger partial charge in [-0.3, -0.25) is 0 Å². The van der Waals surface area contributed by atoms with Gasteiger partial charge in [0.05, 0.1) is 0 Å². The minimum absolute atomic E-state index is 0.0416. The number of carbonyl (C=O) groups is 1. The van der Waals surface area contributed by atoms with Crippen molar-refractivity contribution in [3.8, 4) is 6.07 Å². The van der Waals surface area contributed by atoms with Crippen molar-refractivity contribution in [3.05, 3.63) is 29.6 Å². The Hall–Kier alpha value is -1.93. The molecule has 5 heteroatoms. The Morgan fingerprint density at radius 3 is 2.93 bits per heavy atom. The lowest BCUT2D eigenvalue weighted by molar-refractivity contribution is -0.143. The zero-order chi connectivity index (χ0) is 10.8. The van der Waals surface area contributed by atoms with Gasteiger partial charge in [-0.2, -0.15) is 5.26 Å². The summed E-state index contributed by atoms with van der Waals surface area (Å²) in [5.41, 5.74) is 4.24. The molecule has 1 rings (SSSR count). The molecule has 0 aliphatic heterocycles. The third-order valence-electron chi connectivity index (χ3n) is 1.92. The molecule has 1 atom stereocenters.